The lowest BCUT2D eigenvalue weighted by molar-refractivity contribution is 0.109. The fraction of sp³-hybridized carbons (Fsp3) is 0.100. The molecule has 0 saturated heterocycles. The van der Waals surface area contributed by atoms with E-state index >= 15 is 0 Å². The number of ether oxygens (including phenoxy) is 3. The first-order valence-electron chi connectivity index (χ1n) is 7.82. The number of aryl methyl sites for hydroxylation is 1. The molecule has 0 N–H and O–H groups in total. The van der Waals surface area contributed by atoms with Crippen LogP contribution < -0.4 is 14.9 Å². The first kappa shape index (κ1) is 17.3. The highest BCUT2D eigenvalue weighted by molar-refractivity contribution is 5.80. The Morgan fingerprint density at radius 2 is 1.88 bits per heavy atom. The molecule has 0 bridgehead atoms. The number of fused-ring (bicyclic) bond motifs is 1. The van der Waals surface area contributed by atoms with Crippen molar-refractivity contribution in [3.63, 3.8) is 0 Å². The summed E-state index contributed by atoms with van der Waals surface area (Å²) in [6.45, 7) is 5.44. The maximum atomic E-state index is 12.5. The van der Waals surface area contributed by atoms with E-state index in [2.05, 4.69) is 6.58 Å². The van der Waals surface area contributed by atoms with Gasteiger partial charge in [0, 0.05) is 6.07 Å². The molecule has 0 saturated carbocycles. The Bertz CT molecular complexity index is 1000. The summed E-state index contributed by atoms with van der Waals surface area (Å²) in [6, 6.07) is 11.7. The smallest absolute Gasteiger partial charge is 0.460 e. The molecule has 6 heteroatoms. The van der Waals surface area contributed by atoms with Gasteiger partial charge in [0.05, 0.1) is 5.39 Å². The maximum absolute atomic E-state index is 12.5. The van der Waals surface area contributed by atoms with Crippen molar-refractivity contribution in [2.45, 2.75) is 6.92 Å². The number of carbonyl (C=O) groups excluding carboxylic acids is 1. The molecule has 2 aromatic carbocycles. The van der Waals surface area contributed by atoms with Crippen molar-refractivity contribution >= 4 is 17.1 Å². The van der Waals surface area contributed by atoms with E-state index in [4.69, 9.17) is 18.6 Å². The van der Waals surface area contributed by atoms with Gasteiger partial charge in [-0.25, -0.2) is 4.79 Å². The van der Waals surface area contributed by atoms with Crippen molar-refractivity contribution in [3.05, 3.63) is 77.2 Å². The van der Waals surface area contributed by atoms with E-state index in [1.807, 2.05) is 19.1 Å². The molecular weight excluding hydrogens is 336 g/mol. The zero-order chi connectivity index (χ0) is 18.5. The van der Waals surface area contributed by atoms with Crippen molar-refractivity contribution in [1.82, 2.24) is 0 Å². The fourth-order valence-electron chi connectivity index (χ4n) is 2.21. The van der Waals surface area contributed by atoms with Crippen molar-refractivity contribution in [2.24, 2.45) is 0 Å². The summed E-state index contributed by atoms with van der Waals surface area (Å²) < 4.78 is 20.8. The van der Waals surface area contributed by atoms with E-state index in [0.29, 0.717) is 11.1 Å². The molecule has 0 fully saturated rings. The molecule has 6 nitrogen and oxygen atoms in total. The van der Waals surface area contributed by atoms with Gasteiger partial charge in [0.2, 0.25) is 11.2 Å². The van der Waals surface area contributed by atoms with Crippen molar-refractivity contribution in [1.29, 1.82) is 0 Å². The van der Waals surface area contributed by atoms with Crippen LogP contribution in [0.2, 0.25) is 0 Å². The average molecular weight is 352 g/mol. The Morgan fingerprint density at radius 1 is 1.15 bits per heavy atom. The quantitative estimate of drug-likeness (QED) is 0.380. The lowest BCUT2D eigenvalue weighted by atomic mass is 10.2. The number of rotatable bonds is 5. The molecule has 0 aliphatic heterocycles. The van der Waals surface area contributed by atoms with Gasteiger partial charge in [0.1, 0.15) is 30.0 Å². The molecule has 132 valence electrons. The number of hydrogen-bond acceptors (Lipinski definition) is 6. The second kappa shape index (κ2) is 7.57. The lowest BCUT2D eigenvalue weighted by Crippen LogP contribution is -2.10. The third-order valence-corrected chi connectivity index (χ3v) is 3.48. The molecule has 0 atom stereocenters. The summed E-state index contributed by atoms with van der Waals surface area (Å²) in [5.41, 5.74) is 1.02. The fourth-order valence-corrected chi connectivity index (χ4v) is 2.21. The molecule has 1 heterocycles. The maximum Gasteiger partial charge on any atom is 0.514 e. The van der Waals surface area contributed by atoms with Gasteiger partial charge in [0.25, 0.3) is 0 Å². The highest BCUT2D eigenvalue weighted by Crippen LogP contribution is 2.24. The summed E-state index contributed by atoms with van der Waals surface area (Å²) in [5, 5.41) is 0.307. The van der Waals surface area contributed by atoms with Crippen LogP contribution in [0, 0.1) is 6.92 Å². The second-order valence-corrected chi connectivity index (χ2v) is 5.45. The zero-order valence-corrected chi connectivity index (χ0v) is 14.1. The minimum atomic E-state index is -0.870. The third kappa shape index (κ3) is 3.92. The van der Waals surface area contributed by atoms with Gasteiger partial charge in [-0.3, -0.25) is 4.79 Å². The van der Waals surface area contributed by atoms with Crippen molar-refractivity contribution in [3.8, 4) is 17.2 Å². The minimum absolute atomic E-state index is 0.0429. The van der Waals surface area contributed by atoms with Crippen LogP contribution in [0.4, 0.5) is 4.79 Å². The van der Waals surface area contributed by atoms with Crippen LogP contribution in [0.1, 0.15) is 5.56 Å². The molecule has 0 amide bonds. The number of hydrogen-bond donors (Lipinski definition) is 0. The van der Waals surface area contributed by atoms with Gasteiger partial charge in [-0.1, -0.05) is 30.4 Å². The molecular formula is C20H16O6. The highest BCUT2D eigenvalue weighted by Gasteiger charge is 2.12. The van der Waals surface area contributed by atoms with Gasteiger partial charge < -0.3 is 18.6 Å². The molecule has 0 aliphatic carbocycles. The first-order valence-corrected chi connectivity index (χ1v) is 7.82. The van der Waals surface area contributed by atoms with E-state index in [-0.39, 0.29) is 29.1 Å². The average Bonchev–Trinajstić information content (AvgIpc) is 2.64. The summed E-state index contributed by atoms with van der Waals surface area (Å²) in [6.07, 6.45) is 1.78. The van der Waals surface area contributed by atoms with E-state index in [9.17, 15) is 9.59 Å². The Hall–Kier alpha value is -3.54. The molecule has 1 aromatic heterocycles. The summed E-state index contributed by atoms with van der Waals surface area (Å²) in [4.78, 5) is 24.0. The summed E-state index contributed by atoms with van der Waals surface area (Å²) >= 11 is 0. The predicted molar refractivity (Wildman–Crippen MR) is 95.9 cm³/mol. The van der Waals surface area contributed by atoms with Crippen molar-refractivity contribution < 1.29 is 23.4 Å². The van der Waals surface area contributed by atoms with Gasteiger partial charge in [-0.2, -0.15) is 0 Å². The van der Waals surface area contributed by atoms with Crippen LogP contribution >= 0.6 is 0 Å². The Labute approximate surface area is 149 Å². The van der Waals surface area contributed by atoms with Crippen LogP contribution in [0.25, 0.3) is 11.0 Å². The standard InChI is InChI=1S/C20H16O6/c1-3-10-23-20(22)26-15-8-9-16-17(11-15)24-12-18(19(16)21)25-14-6-4-13(2)5-7-14/h3-9,11-12H,1,10H2,2H3. The Kier molecular flexibility index (Phi) is 5.03. The highest BCUT2D eigenvalue weighted by atomic mass is 16.7. The van der Waals surface area contributed by atoms with E-state index in [1.54, 1.807) is 12.1 Å². The van der Waals surface area contributed by atoms with Gasteiger partial charge in [-0.05, 0) is 31.2 Å². The number of carbonyl (C=O) groups is 1. The number of benzene rings is 2. The second-order valence-electron chi connectivity index (χ2n) is 5.45. The molecule has 0 spiro atoms. The van der Waals surface area contributed by atoms with Crippen LogP contribution in [0.3, 0.4) is 0 Å². The van der Waals surface area contributed by atoms with Crippen LogP contribution in [0.15, 0.2) is 70.6 Å². The monoisotopic (exact) mass is 352 g/mol. The van der Waals surface area contributed by atoms with Gasteiger partial charge in [-0.15, -0.1) is 0 Å². The SMILES string of the molecule is C=CCOC(=O)Oc1ccc2c(=O)c(Oc3ccc(C)cc3)coc2c1. The van der Waals surface area contributed by atoms with Crippen LogP contribution in [0.5, 0.6) is 17.2 Å². The summed E-state index contributed by atoms with van der Waals surface area (Å²) in [7, 11) is 0. The largest absolute Gasteiger partial charge is 0.514 e. The van der Waals surface area contributed by atoms with E-state index in [1.165, 1.54) is 30.5 Å². The summed E-state index contributed by atoms with van der Waals surface area (Å²) in [5.74, 6) is 0.800. The molecule has 26 heavy (non-hydrogen) atoms. The predicted octanol–water partition coefficient (Wildman–Crippen LogP) is 4.60. The molecule has 3 rings (SSSR count). The Morgan fingerprint density at radius 3 is 2.62 bits per heavy atom. The van der Waals surface area contributed by atoms with Crippen LogP contribution in [-0.2, 0) is 4.74 Å². The lowest BCUT2D eigenvalue weighted by Gasteiger charge is -2.07. The molecule has 0 aliphatic rings. The van der Waals surface area contributed by atoms with Crippen LogP contribution in [-0.4, -0.2) is 12.8 Å². The molecule has 0 unspecified atom stereocenters. The topological polar surface area (TPSA) is 75.0 Å². The van der Waals surface area contributed by atoms with Gasteiger partial charge >= 0.3 is 6.16 Å². The molecule has 3 aromatic rings. The van der Waals surface area contributed by atoms with Gasteiger partial charge in [0.15, 0.2) is 0 Å². The third-order valence-electron chi connectivity index (χ3n) is 3.48. The van der Waals surface area contributed by atoms with E-state index < -0.39 is 6.16 Å². The molecule has 0 radical (unpaired) electrons. The zero-order valence-electron chi connectivity index (χ0n) is 14.1. The Balaban J connectivity index is 1.84. The van der Waals surface area contributed by atoms with Crippen molar-refractivity contribution in [2.75, 3.05) is 6.61 Å². The minimum Gasteiger partial charge on any atom is -0.460 e. The normalized spacial score (nSPS) is 10.3. The first-order chi connectivity index (χ1) is 12.6. The van der Waals surface area contributed by atoms with E-state index in [0.717, 1.165) is 5.56 Å².